The van der Waals surface area contributed by atoms with Crippen LogP contribution in [-0.2, 0) is 14.3 Å². The van der Waals surface area contributed by atoms with Crippen molar-refractivity contribution in [2.45, 2.75) is 44.9 Å². The lowest BCUT2D eigenvalue weighted by atomic mass is 9.96. The van der Waals surface area contributed by atoms with Crippen molar-refractivity contribution < 1.29 is 24.2 Å². The zero-order chi connectivity index (χ0) is 19.6. The first-order valence-electron chi connectivity index (χ1n) is 9.37. The third-order valence-corrected chi connectivity index (χ3v) is 5.27. The van der Waals surface area contributed by atoms with E-state index in [0.29, 0.717) is 37.9 Å². The second kappa shape index (κ2) is 7.68. The molecule has 0 saturated carbocycles. The zero-order valence-corrected chi connectivity index (χ0v) is 15.8. The maximum Gasteiger partial charge on any atom is 0.328 e. The molecule has 2 fully saturated rings. The number of hydrogen-bond acceptors (Lipinski definition) is 4. The molecule has 1 spiro atoms. The molecule has 3 rings (SSSR count). The summed E-state index contributed by atoms with van der Waals surface area (Å²) in [6.07, 6.45) is 1.32. The lowest BCUT2D eigenvalue weighted by Gasteiger charge is -2.44. The van der Waals surface area contributed by atoms with Gasteiger partial charge in [-0.2, -0.15) is 0 Å². The summed E-state index contributed by atoms with van der Waals surface area (Å²) >= 11 is 0. The highest BCUT2D eigenvalue weighted by Crippen LogP contribution is 2.38. The van der Waals surface area contributed by atoms with E-state index in [0.717, 1.165) is 0 Å². The summed E-state index contributed by atoms with van der Waals surface area (Å²) in [4.78, 5) is 40.3. The molecule has 7 heteroatoms. The lowest BCUT2D eigenvalue weighted by Crippen LogP contribution is -2.58. The summed E-state index contributed by atoms with van der Waals surface area (Å²) in [6, 6.07) is 7.64. The van der Waals surface area contributed by atoms with Crippen LogP contribution in [-0.4, -0.2) is 64.2 Å². The number of amides is 2. The van der Waals surface area contributed by atoms with E-state index in [2.05, 4.69) is 0 Å². The predicted octanol–water partition coefficient (Wildman–Crippen LogP) is 1.98. The van der Waals surface area contributed by atoms with Crippen LogP contribution in [0.25, 0.3) is 0 Å². The van der Waals surface area contributed by atoms with Crippen molar-refractivity contribution >= 4 is 17.8 Å². The van der Waals surface area contributed by atoms with Gasteiger partial charge in [-0.15, -0.1) is 0 Å². The van der Waals surface area contributed by atoms with Crippen LogP contribution in [0.3, 0.4) is 0 Å². The van der Waals surface area contributed by atoms with Gasteiger partial charge in [-0.1, -0.05) is 32.0 Å². The summed E-state index contributed by atoms with van der Waals surface area (Å²) in [5.41, 5.74) is -0.531. The number of carboxylic acid groups (broad SMARTS) is 1. The number of hydrogen-bond donors (Lipinski definition) is 1. The molecule has 0 bridgehead atoms. The number of aliphatic carboxylic acids is 1. The first kappa shape index (κ1) is 19.4. The highest BCUT2D eigenvalue weighted by molar-refractivity contribution is 5.97. The van der Waals surface area contributed by atoms with Crippen molar-refractivity contribution in [1.29, 1.82) is 0 Å². The van der Waals surface area contributed by atoms with E-state index in [1.165, 1.54) is 4.90 Å². The van der Waals surface area contributed by atoms with E-state index in [1.54, 1.807) is 35.2 Å². The van der Waals surface area contributed by atoms with E-state index in [9.17, 15) is 19.5 Å². The van der Waals surface area contributed by atoms with Crippen LogP contribution in [0.2, 0.25) is 0 Å². The average molecular weight is 374 g/mol. The van der Waals surface area contributed by atoms with Crippen LogP contribution >= 0.6 is 0 Å². The molecule has 2 amide bonds. The van der Waals surface area contributed by atoms with Gasteiger partial charge in [0.25, 0.3) is 5.91 Å². The van der Waals surface area contributed by atoms with Crippen LogP contribution in [0.1, 0.15) is 43.5 Å². The minimum absolute atomic E-state index is 0.0339. The quantitative estimate of drug-likeness (QED) is 0.871. The Hall–Kier alpha value is -2.41. The highest BCUT2D eigenvalue weighted by Gasteiger charge is 2.54. The number of nitrogens with zero attached hydrogens (tertiary/aromatic N) is 2. The van der Waals surface area contributed by atoms with Crippen molar-refractivity contribution in [3.8, 4) is 0 Å². The molecule has 7 nitrogen and oxygen atoms in total. The monoisotopic (exact) mass is 374 g/mol. The van der Waals surface area contributed by atoms with E-state index in [1.807, 2.05) is 13.8 Å². The normalized spacial score (nSPS) is 21.7. The van der Waals surface area contributed by atoms with Crippen molar-refractivity contribution in [1.82, 2.24) is 9.80 Å². The van der Waals surface area contributed by atoms with Gasteiger partial charge in [-0.05, 0) is 18.1 Å². The summed E-state index contributed by atoms with van der Waals surface area (Å²) in [6.45, 7) is 4.88. The molecule has 0 unspecified atom stereocenters. The van der Waals surface area contributed by atoms with E-state index in [-0.39, 0.29) is 24.3 Å². The molecule has 27 heavy (non-hydrogen) atoms. The van der Waals surface area contributed by atoms with Gasteiger partial charge in [0.2, 0.25) is 5.91 Å². The van der Waals surface area contributed by atoms with Crippen LogP contribution in [0, 0.1) is 5.92 Å². The van der Waals surface area contributed by atoms with Crippen LogP contribution in [0.5, 0.6) is 0 Å². The third kappa shape index (κ3) is 3.83. The fourth-order valence-electron chi connectivity index (χ4n) is 3.86. The second-order valence-corrected chi connectivity index (χ2v) is 7.63. The molecule has 2 aliphatic heterocycles. The standard InChI is InChI=1S/C20H26N2O5/c1-14(2)12-17(23)21-10-8-20(9-11-21)22(16(13-27-20)19(25)26)18(24)15-6-4-3-5-7-15/h3-7,14,16H,8-13H2,1-2H3,(H,25,26)/t16-/m0/s1. The fraction of sp³-hybridized carbons (Fsp3) is 0.550. The summed E-state index contributed by atoms with van der Waals surface area (Å²) in [5, 5.41) is 9.59. The van der Waals surface area contributed by atoms with Gasteiger partial charge in [0.05, 0.1) is 6.61 Å². The molecular weight excluding hydrogens is 348 g/mol. The second-order valence-electron chi connectivity index (χ2n) is 7.63. The first-order valence-corrected chi connectivity index (χ1v) is 9.37. The maximum absolute atomic E-state index is 13.1. The molecule has 2 aliphatic rings. The number of benzene rings is 1. The molecule has 1 N–H and O–H groups in total. The number of ether oxygens (including phenoxy) is 1. The Kier molecular flexibility index (Phi) is 5.51. The van der Waals surface area contributed by atoms with Crippen LogP contribution < -0.4 is 0 Å². The van der Waals surface area contributed by atoms with E-state index < -0.39 is 17.7 Å². The molecule has 1 atom stereocenters. The van der Waals surface area contributed by atoms with E-state index in [4.69, 9.17) is 4.74 Å². The topological polar surface area (TPSA) is 87.2 Å². The molecule has 0 aromatic heterocycles. The van der Waals surface area contributed by atoms with Gasteiger partial charge in [0.15, 0.2) is 6.04 Å². The van der Waals surface area contributed by atoms with E-state index >= 15 is 0 Å². The summed E-state index contributed by atoms with van der Waals surface area (Å²) in [7, 11) is 0. The Morgan fingerprint density at radius 3 is 2.37 bits per heavy atom. The van der Waals surface area contributed by atoms with Crippen molar-refractivity contribution in [3.05, 3.63) is 35.9 Å². The molecule has 0 radical (unpaired) electrons. The van der Waals surface area contributed by atoms with Gasteiger partial charge >= 0.3 is 5.97 Å². The van der Waals surface area contributed by atoms with Crippen LogP contribution in [0.15, 0.2) is 30.3 Å². The molecule has 1 aromatic rings. The highest BCUT2D eigenvalue weighted by atomic mass is 16.5. The first-order chi connectivity index (χ1) is 12.8. The van der Waals surface area contributed by atoms with Gasteiger partial charge in [-0.3, -0.25) is 14.5 Å². The number of carbonyl (C=O) groups is 3. The fourth-order valence-corrected chi connectivity index (χ4v) is 3.86. The van der Waals surface area contributed by atoms with Crippen molar-refractivity contribution in [3.63, 3.8) is 0 Å². The number of carbonyl (C=O) groups excluding carboxylic acids is 2. The Morgan fingerprint density at radius 1 is 1.19 bits per heavy atom. The number of carboxylic acids is 1. The number of likely N-dealkylation sites (tertiary alicyclic amines) is 1. The van der Waals surface area contributed by atoms with Gasteiger partial charge in [0.1, 0.15) is 5.72 Å². The Labute approximate surface area is 158 Å². The Bertz CT molecular complexity index is 710. The minimum Gasteiger partial charge on any atom is -0.480 e. The molecule has 1 aromatic carbocycles. The minimum atomic E-state index is -1.07. The number of piperidine rings is 1. The van der Waals surface area contributed by atoms with Crippen LogP contribution in [0.4, 0.5) is 0 Å². The Morgan fingerprint density at radius 2 is 1.81 bits per heavy atom. The SMILES string of the molecule is CC(C)CC(=O)N1CCC2(CC1)OC[C@@H](C(=O)O)N2C(=O)c1ccccc1. The van der Waals surface area contributed by atoms with Crippen molar-refractivity contribution in [2.24, 2.45) is 5.92 Å². The summed E-state index contributed by atoms with van der Waals surface area (Å²) in [5.74, 6) is -1.05. The maximum atomic E-state index is 13.1. The predicted molar refractivity (Wildman–Crippen MR) is 98.0 cm³/mol. The largest absolute Gasteiger partial charge is 0.480 e. The molecule has 2 saturated heterocycles. The molecule has 2 heterocycles. The van der Waals surface area contributed by atoms with Gasteiger partial charge < -0.3 is 14.7 Å². The molecule has 0 aliphatic carbocycles. The third-order valence-electron chi connectivity index (χ3n) is 5.27. The average Bonchev–Trinajstić information content (AvgIpc) is 3.01. The Balaban J connectivity index is 1.81. The summed E-state index contributed by atoms with van der Waals surface area (Å²) < 4.78 is 5.91. The van der Waals surface area contributed by atoms with Crippen molar-refractivity contribution in [2.75, 3.05) is 19.7 Å². The number of rotatable bonds is 4. The van der Waals surface area contributed by atoms with Gasteiger partial charge in [-0.25, -0.2) is 4.79 Å². The van der Waals surface area contributed by atoms with Gasteiger partial charge in [0, 0.05) is 37.9 Å². The molecular formula is C20H26N2O5. The zero-order valence-electron chi connectivity index (χ0n) is 15.8. The smallest absolute Gasteiger partial charge is 0.328 e. The molecule has 146 valence electrons. The lowest BCUT2D eigenvalue weighted by molar-refractivity contribution is -0.148.